The van der Waals surface area contributed by atoms with E-state index in [1.807, 2.05) is 17.0 Å². The third kappa shape index (κ3) is 3.58. The van der Waals surface area contributed by atoms with Gasteiger partial charge in [-0.05, 0) is 36.8 Å². The number of fused-ring (bicyclic) bond motifs is 1. The van der Waals surface area contributed by atoms with E-state index in [1.165, 1.54) is 10.3 Å². The van der Waals surface area contributed by atoms with Crippen molar-refractivity contribution in [2.45, 2.75) is 6.92 Å². The Balaban J connectivity index is 1.16. The van der Waals surface area contributed by atoms with Gasteiger partial charge >= 0.3 is 0 Å². The van der Waals surface area contributed by atoms with Gasteiger partial charge in [0.2, 0.25) is 5.91 Å². The number of hydrogen-bond donors (Lipinski definition) is 0. The summed E-state index contributed by atoms with van der Waals surface area (Å²) in [5.74, 6) is 1.24. The molecule has 3 aromatic rings. The van der Waals surface area contributed by atoms with E-state index in [9.17, 15) is 4.79 Å². The first-order valence-corrected chi connectivity index (χ1v) is 11.2. The lowest BCUT2D eigenvalue weighted by molar-refractivity contribution is -0.136. The zero-order chi connectivity index (χ0) is 20.7. The highest BCUT2D eigenvalue weighted by Crippen LogP contribution is 2.34. The molecule has 0 bridgehead atoms. The first-order chi connectivity index (χ1) is 14.6. The molecule has 0 saturated carbocycles. The minimum Gasteiger partial charge on any atom is -0.497 e. The van der Waals surface area contributed by atoms with E-state index >= 15 is 0 Å². The van der Waals surface area contributed by atoms with Crippen molar-refractivity contribution in [1.29, 1.82) is 0 Å². The average molecular weight is 423 g/mol. The van der Waals surface area contributed by atoms with E-state index in [-0.39, 0.29) is 11.8 Å². The maximum Gasteiger partial charge on any atom is 0.229 e. The molecule has 0 atom stereocenters. The van der Waals surface area contributed by atoms with Crippen molar-refractivity contribution in [1.82, 2.24) is 9.88 Å². The van der Waals surface area contributed by atoms with Crippen LogP contribution in [-0.4, -0.2) is 62.2 Å². The van der Waals surface area contributed by atoms with E-state index in [0.717, 1.165) is 61.4 Å². The molecule has 2 aliphatic heterocycles. The fourth-order valence-electron chi connectivity index (χ4n) is 4.20. The number of anilines is 2. The molecule has 30 heavy (non-hydrogen) atoms. The number of hydrogen-bond acceptors (Lipinski definition) is 6. The summed E-state index contributed by atoms with van der Waals surface area (Å²) in [6, 6.07) is 14.5. The van der Waals surface area contributed by atoms with Crippen molar-refractivity contribution in [3.8, 4) is 5.75 Å². The van der Waals surface area contributed by atoms with Crippen LogP contribution < -0.4 is 14.5 Å². The van der Waals surface area contributed by atoms with E-state index in [1.54, 1.807) is 18.4 Å². The Morgan fingerprint density at radius 2 is 1.87 bits per heavy atom. The molecule has 7 heteroatoms. The molecule has 1 amide bonds. The van der Waals surface area contributed by atoms with Crippen LogP contribution in [0.5, 0.6) is 5.75 Å². The number of aromatic nitrogens is 1. The third-order valence-electron chi connectivity index (χ3n) is 6.04. The normalized spacial score (nSPS) is 17.3. The number of ether oxygens (including phenoxy) is 1. The molecular weight excluding hydrogens is 396 g/mol. The Labute approximate surface area is 180 Å². The molecule has 0 aliphatic carbocycles. The summed E-state index contributed by atoms with van der Waals surface area (Å²) in [5, 5.41) is 1.03. The number of carbonyl (C=O) groups excluding carboxylic acids is 1. The summed E-state index contributed by atoms with van der Waals surface area (Å²) in [6.45, 7) is 6.89. The van der Waals surface area contributed by atoms with Gasteiger partial charge < -0.3 is 19.4 Å². The van der Waals surface area contributed by atoms with Crippen molar-refractivity contribution in [3.05, 3.63) is 48.0 Å². The van der Waals surface area contributed by atoms with E-state index in [0.29, 0.717) is 0 Å². The molecule has 0 N–H and O–H groups in total. The molecule has 2 fully saturated rings. The molecule has 2 aliphatic rings. The minimum atomic E-state index is 0.0853. The van der Waals surface area contributed by atoms with Crippen LogP contribution in [0.25, 0.3) is 10.2 Å². The lowest BCUT2D eigenvalue weighted by Crippen LogP contribution is -2.58. The van der Waals surface area contributed by atoms with Crippen molar-refractivity contribution >= 4 is 38.3 Å². The number of rotatable bonds is 4. The van der Waals surface area contributed by atoms with Crippen LogP contribution in [0.15, 0.2) is 42.5 Å². The van der Waals surface area contributed by atoms with Crippen molar-refractivity contribution in [3.63, 3.8) is 0 Å². The molecular formula is C23H26N4O2S. The SMILES string of the molecule is COc1cccc(N2CCN(C(=O)C3CN(c4nc5ccc(C)cc5s4)C3)CC2)c1. The number of methoxy groups -OCH3 is 1. The molecule has 156 valence electrons. The highest BCUT2D eigenvalue weighted by molar-refractivity contribution is 7.22. The highest BCUT2D eigenvalue weighted by atomic mass is 32.1. The summed E-state index contributed by atoms with van der Waals surface area (Å²) in [4.78, 5) is 24.3. The predicted molar refractivity (Wildman–Crippen MR) is 122 cm³/mol. The van der Waals surface area contributed by atoms with E-state index in [2.05, 4.69) is 47.1 Å². The van der Waals surface area contributed by atoms with Crippen molar-refractivity contribution in [2.75, 3.05) is 56.2 Å². The van der Waals surface area contributed by atoms with Gasteiger partial charge in [-0.25, -0.2) is 4.98 Å². The quantitative estimate of drug-likeness (QED) is 0.645. The summed E-state index contributed by atoms with van der Waals surface area (Å²) in [6.07, 6.45) is 0. The maximum atomic E-state index is 13.0. The Bertz CT molecular complexity index is 1070. The molecule has 0 spiro atoms. The van der Waals surface area contributed by atoms with Crippen molar-refractivity contribution in [2.24, 2.45) is 5.92 Å². The first kappa shape index (κ1) is 19.2. The first-order valence-electron chi connectivity index (χ1n) is 10.4. The molecule has 3 heterocycles. The Morgan fingerprint density at radius 1 is 1.07 bits per heavy atom. The van der Waals surface area contributed by atoms with Gasteiger partial charge in [-0.1, -0.05) is 23.5 Å². The molecule has 6 nitrogen and oxygen atoms in total. The number of nitrogens with zero attached hydrogens (tertiary/aromatic N) is 4. The zero-order valence-electron chi connectivity index (χ0n) is 17.4. The zero-order valence-corrected chi connectivity index (χ0v) is 18.2. The summed E-state index contributed by atoms with van der Waals surface area (Å²) in [5.41, 5.74) is 3.45. The second-order valence-corrected chi connectivity index (χ2v) is 9.09. The predicted octanol–water partition coefficient (Wildman–Crippen LogP) is 3.40. The fraction of sp³-hybridized carbons (Fsp3) is 0.391. The molecule has 2 aromatic carbocycles. The van der Waals surface area contributed by atoms with Crippen LogP contribution >= 0.6 is 11.3 Å². The Hall–Kier alpha value is -2.80. The van der Waals surface area contributed by atoms with Gasteiger partial charge in [0.15, 0.2) is 5.13 Å². The monoisotopic (exact) mass is 422 g/mol. The third-order valence-corrected chi connectivity index (χ3v) is 7.12. The second kappa shape index (κ2) is 7.80. The number of carbonyl (C=O) groups is 1. The maximum absolute atomic E-state index is 13.0. The van der Waals surface area contributed by atoms with Crippen LogP contribution in [0, 0.1) is 12.8 Å². The van der Waals surface area contributed by atoms with E-state index in [4.69, 9.17) is 9.72 Å². The van der Waals surface area contributed by atoms with Crippen LogP contribution in [-0.2, 0) is 4.79 Å². The summed E-state index contributed by atoms with van der Waals surface area (Å²) in [7, 11) is 1.69. The Morgan fingerprint density at radius 3 is 2.63 bits per heavy atom. The number of benzene rings is 2. The molecule has 1 aromatic heterocycles. The van der Waals surface area contributed by atoms with Crippen LogP contribution in [0.1, 0.15) is 5.56 Å². The van der Waals surface area contributed by atoms with Crippen LogP contribution in [0.3, 0.4) is 0 Å². The molecule has 5 rings (SSSR count). The van der Waals surface area contributed by atoms with Gasteiger partial charge in [0.1, 0.15) is 5.75 Å². The average Bonchev–Trinajstić information content (AvgIpc) is 3.15. The second-order valence-electron chi connectivity index (χ2n) is 8.08. The molecule has 0 radical (unpaired) electrons. The van der Waals surface area contributed by atoms with Gasteiger partial charge in [0, 0.05) is 51.0 Å². The largest absolute Gasteiger partial charge is 0.497 e. The number of amides is 1. The molecule has 0 unspecified atom stereocenters. The van der Waals surface area contributed by atoms with E-state index < -0.39 is 0 Å². The van der Waals surface area contributed by atoms with Gasteiger partial charge in [0.25, 0.3) is 0 Å². The molecule has 2 saturated heterocycles. The van der Waals surface area contributed by atoms with Gasteiger partial charge in [-0.3, -0.25) is 4.79 Å². The Kier molecular flexibility index (Phi) is 4.98. The standard InChI is InChI=1S/C23H26N4O2S/c1-16-6-7-20-21(12-16)30-23(24-20)27-14-17(15-27)22(28)26-10-8-25(9-11-26)18-4-3-5-19(13-18)29-2/h3-7,12-13,17H,8-11,14-15H2,1-2H3. The minimum absolute atomic E-state index is 0.0853. The van der Waals surface area contributed by atoms with Gasteiger partial charge in [0.05, 0.1) is 23.2 Å². The number of thiazole rings is 1. The smallest absolute Gasteiger partial charge is 0.229 e. The number of piperazine rings is 1. The summed E-state index contributed by atoms with van der Waals surface area (Å²) >= 11 is 1.72. The summed E-state index contributed by atoms with van der Waals surface area (Å²) < 4.78 is 6.55. The van der Waals surface area contributed by atoms with Gasteiger partial charge in [-0.15, -0.1) is 0 Å². The van der Waals surface area contributed by atoms with Gasteiger partial charge in [-0.2, -0.15) is 0 Å². The lowest BCUT2D eigenvalue weighted by atomic mass is 9.99. The lowest BCUT2D eigenvalue weighted by Gasteiger charge is -2.43. The highest BCUT2D eigenvalue weighted by Gasteiger charge is 2.37. The topological polar surface area (TPSA) is 48.9 Å². The van der Waals surface area contributed by atoms with Crippen LogP contribution in [0.2, 0.25) is 0 Å². The van der Waals surface area contributed by atoms with Crippen LogP contribution in [0.4, 0.5) is 10.8 Å². The fourth-order valence-corrected chi connectivity index (χ4v) is 5.28. The number of aryl methyl sites for hydroxylation is 1. The van der Waals surface area contributed by atoms with Crippen molar-refractivity contribution < 1.29 is 9.53 Å².